The van der Waals surface area contributed by atoms with Gasteiger partial charge in [-0.05, 0) is 37.6 Å². The van der Waals surface area contributed by atoms with Crippen LogP contribution in [0.2, 0.25) is 0 Å². The molecule has 0 bridgehead atoms. The lowest BCUT2D eigenvalue weighted by Crippen LogP contribution is -2.53. The molecular formula is C15H21N3O3S. The number of carbonyl (C=O) groups excluding carboxylic acids is 3. The van der Waals surface area contributed by atoms with Crippen molar-refractivity contribution in [3.63, 3.8) is 0 Å². The van der Waals surface area contributed by atoms with E-state index in [4.69, 9.17) is 5.73 Å². The lowest BCUT2D eigenvalue weighted by Gasteiger charge is -2.36. The fraction of sp³-hybridized carbons (Fsp3) is 0.533. The fourth-order valence-electron chi connectivity index (χ4n) is 2.72. The first-order chi connectivity index (χ1) is 10.5. The maximum absolute atomic E-state index is 12.6. The lowest BCUT2D eigenvalue weighted by molar-refractivity contribution is -0.137. The third-order valence-corrected chi connectivity index (χ3v) is 4.68. The Balaban J connectivity index is 1.98. The van der Waals surface area contributed by atoms with Crippen LogP contribution in [0.25, 0.3) is 0 Å². The van der Waals surface area contributed by atoms with Crippen LogP contribution in [0.1, 0.15) is 42.3 Å². The van der Waals surface area contributed by atoms with Gasteiger partial charge in [-0.1, -0.05) is 6.07 Å². The summed E-state index contributed by atoms with van der Waals surface area (Å²) in [6.07, 6.45) is 2.85. The maximum atomic E-state index is 12.6. The van der Waals surface area contributed by atoms with Crippen LogP contribution >= 0.6 is 11.3 Å². The minimum atomic E-state index is -0.622. The number of hydrogen-bond acceptors (Lipinski definition) is 4. The molecule has 1 aromatic rings. The molecule has 2 atom stereocenters. The summed E-state index contributed by atoms with van der Waals surface area (Å²) in [5, 5.41) is 4.53. The fourth-order valence-corrected chi connectivity index (χ4v) is 3.35. The van der Waals surface area contributed by atoms with E-state index >= 15 is 0 Å². The number of carbonyl (C=O) groups is 3. The summed E-state index contributed by atoms with van der Waals surface area (Å²) in [4.78, 5) is 38.0. The Bertz CT molecular complexity index is 544. The minimum Gasteiger partial charge on any atom is -0.370 e. The number of piperidine rings is 1. The smallest absolute Gasteiger partial charge is 0.261 e. The molecule has 1 fully saturated rings. The van der Waals surface area contributed by atoms with Gasteiger partial charge >= 0.3 is 0 Å². The molecule has 120 valence electrons. The average Bonchev–Trinajstić information content (AvgIpc) is 3.00. The summed E-state index contributed by atoms with van der Waals surface area (Å²) in [6.45, 7) is 2.28. The van der Waals surface area contributed by atoms with Crippen molar-refractivity contribution in [2.45, 2.75) is 44.7 Å². The van der Waals surface area contributed by atoms with E-state index < -0.39 is 11.9 Å². The van der Waals surface area contributed by atoms with Gasteiger partial charge in [-0.3, -0.25) is 14.4 Å². The number of primary amides is 1. The minimum absolute atomic E-state index is 0.153. The Labute approximate surface area is 133 Å². The standard InChI is InChI=1S/C15H21N3O3S/c1-10(17-14(20)12-6-4-8-22-12)15(21)18-7-3-2-5-11(18)9-13(16)19/h4,6,8,10-11H,2-3,5,7,9H2,1H3,(H2,16,19)(H,17,20). The molecular weight excluding hydrogens is 302 g/mol. The van der Waals surface area contributed by atoms with Crippen LogP contribution in [0.4, 0.5) is 0 Å². The number of thiophene rings is 1. The first-order valence-corrected chi connectivity index (χ1v) is 8.30. The summed E-state index contributed by atoms with van der Waals surface area (Å²) in [5.41, 5.74) is 5.26. The van der Waals surface area contributed by atoms with Crippen molar-refractivity contribution in [3.8, 4) is 0 Å². The highest BCUT2D eigenvalue weighted by Crippen LogP contribution is 2.20. The number of nitrogens with two attached hydrogens (primary N) is 1. The Morgan fingerprint density at radius 3 is 2.86 bits per heavy atom. The third kappa shape index (κ3) is 4.07. The Hall–Kier alpha value is -1.89. The van der Waals surface area contributed by atoms with Crippen LogP contribution in [-0.2, 0) is 9.59 Å². The van der Waals surface area contributed by atoms with Crippen molar-refractivity contribution in [3.05, 3.63) is 22.4 Å². The molecule has 6 nitrogen and oxygen atoms in total. The Morgan fingerprint density at radius 1 is 1.45 bits per heavy atom. The molecule has 3 N–H and O–H groups in total. The SMILES string of the molecule is CC(NC(=O)c1cccs1)C(=O)N1CCCCC1CC(N)=O. The van der Waals surface area contributed by atoms with Gasteiger partial charge in [0.1, 0.15) is 6.04 Å². The Morgan fingerprint density at radius 2 is 2.23 bits per heavy atom. The molecule has 1 aliphatic heterocycles. The average molecular weight is 323 g/mol. The molecule has 0 aliphatic carbocycles. The molecule has 22 heavy (non-hydrogen) atoms. The molecule has 3 amide bonds. The monoisotopic (exact) mass is 323 g/mol. The molecule has 2 unspecified atom stereocenters. The predicted molar refractivity (Wildman–Crippen MR) is 84.4 cm³/mol. The molecule has 2 rings (SSSR count). The summed E-state index contributed by atoms with van der Waals surface area (Å²) >= 11 is 1.33. The number of nitrogens with zero attached hydrogens (tertiary/aromatic N) is 1. The van der Waals surface area contributed by atoms with Crippen molar-refractivity contribution in [2.24, 2.45) is 5.73 Å². The highest BCUT2D eigenvalue weighted by molar-refractivity contribution is 7.12. The third-order valence-electron chi connectivity index (χ3n) is 3.81. The molecule has 1 aliphatic rings. The van der Waals surface area contributed by atoms with E-state index in [0.717, 1.165) is 19.3 Å². The van der Waals surface area contributed by atoms with Gasteiger partial charge in [-0.15, -0.1) is 11.3 Å². The summed E-state index contributed by atoms with van der Waals surface area (Å²) in [5.74, 6) is -0.810. The summed E-state index contributed by atoms with van der Waals surface area (Å²) in [7, 11) is 0. The van der Waals surface area contributed by atoms with Crippen LogP contribution in [0.3, 0.4) is 0 Å². The molecule has 7 heteroatoms. The number of rotatable bonds is 5. The second-order valence-corrected chi connectivity index (χ2v) is 6.47. The van der Waals surface area contributed by atoms with Crippen LogP contribution < -0.4 is 11.1 Å². The molecule has 0 aromatic carbocycles. The molecule has 0 spiro atoms. The van der Waals surface area contributed by atoms with Crippen LogP contribution in [0.5, 0.6) is 0 Å². The molecule has 1 aromatic heterocycles. The van der Waals surface area contributed by atoms with Gasteiger partial charge in [0.05, 0.1) is 4.88 Å². The quantitative estimate of drug-likeness (QED) is 0.850. The topological polar surface area (TPSA) is 92.5 Å². The van der Waals surface area contributed by atoms with E-state index in [0.29, 0.717) is 11.4 Å². The van der Waals surface area contributed by atoms with Gasteiger partial charge in [0, 0.05) is 19.0 Å². The highest BCUT2D eigenvalue weighted by Gasteiger charge is 2.31. The van der Waals surface area contributed by atoms with E-state index in [1.54, 1.807) is 24.0 Å². The Kier molecular flexibility index (Phi) is 5.54. The van der Waals surface area contributed by atoms with E-state index in [-0.39, 0.29) is 24.3 Å². The second-order valence-electron chi connectivity index (χ2n) is 5.52. The van der Waals surface area contributed by atoms with Gasteiger partial charge < -0.3 is 16.0 Å². The van der Waals surface area contributed by atoms with E-state index in [1.165, 1.54) is 11.3 Å². The highest BCUT2D eigenvalue weighted by atomic mass is 32.1. The molecule has 0 saturated carbocycles. The van der Waals surface area contributed by atoms with E-state index in [2.05, 4.69) is 5.32 Å². The number of nitrogens with one attached hydrogen (secondary N) is 1. The van der Waals surface area contributed by atoms with Gasteiger partial charge in [0.2, 0.25) is 11.8 Å². The molecule has 2 heterocycles. The lowest BCUT2D eigenvalue weighted by atomic mass is 9.98. The first kappa shape index (κ1) is 16.5. The van der Waals surface area contributed by atoms with Crippen molar-refractivity contribution < 1.29 is 14.4 Å². The predicted octanol–water partition coefficient (Wildman–Crippen LogP) is 1.12. The zero-order valence-corrected chi connectivity index (χ0v) is 13.4. The van der Waals surface area contributed by atoms with E-state index in [9.17, 15) is 14.4 Å². The van der Waals surface area contributed by atoms with Crippen molar-refractivity contribution in [1.82, 2.24) is 10.2 Å². The maximum Gasteiger partial charge on any atom is 0.261 e. The summed E-state index contributed by atoms with van der Waals surface area (Å²) < 4.78 is 0. The van der Waals surface area contributed by atoms with Gasteiger partial charge in [0.25, 0.3) is 5.91 Å². The van der Waals surface area contributed by atoms with Crippen LogP contribution in [0, 0.1) is 0 Å². The van der Waals surface area contributed by atoms with Gasteiger partial charge in [-0.25, -0.2) is 0 Å². The van der Waals surface area contributed by atoms with Gasteiger partial charge in [0.15, 0.2) is 0 Å². The number of amides is 3. The zero-order chi connectivity index (χ0) is 16.1. The largest absolute Gasteiger partial charge is 0.370 e. The van der Waals surface area contributed by atoms with Crippen LogP contribution in [0.15, 0.2) is 17.5 Å². The number of likely N-dealkylation sites (tertiary alicyclic amines) is 1. The van der Waals surface area contributed by atoms with Crippen LogP contribution in [-0.4, -0.2) is 41.2 Å². The normalized spacial score (nSPS) is 19.5. The zero-order valence-electron chi connectivity index (χ0n) is 12.6. The van der Waals surface area contributed by atoms with Crippen molar-refractivity contribution >= 4 is 29.1 Å². The first-order valence-electron chi connectivity index (χ1n) is 7.42. The van der Waals surface area contributed by atoms with Gasteiger partial charge in [-0.2, -0.15) is 0 Å². The van der Waals surface area contributed by atoms with Crippen molar-refractivity contribution in [2.75, 3.05) is 6.54 Å². The van der Waals surface area contributed by atoms with E-state index in [1.807, 2.05) is 5.38 Å². The number of hydrogen-bond donors (Lipinski definition) is 2. The van der Waals surface area contributed by atoms with Crippen molar-refractivity contribution in [1.29, 1.82) is 0 Å². The second kappa shape index (κ2) is 7.40. The molecule has 1 saturated heterocycles. The molecule has 0 radical (unpaired) electrons. The summed E-state index contributed by atoms with van der Waals surface area (Å²) in [6, 6.07) is 2.73.